The van der Waals surface area contributed by atoms with Crippen LogP contribution in [-0.4, -0.2) is 16.1 Å². The van der Waals surface area contributed by atoms with E-state index < -0.39 is 5.97 Å². The number of hydrogen-bond acceptors (Lipinski definition) is 2. The van der Waals surface area contributed by atoms with Gasteiger partial charge < -0.3 is 5.11 Å². The fourth-order valence-corrected chi connectivity index (χ4v) is 0.489. The number of rotatable bonds is 1. The molecule has 1 rings (SSSR count). The van der Waals surface area contributed by atoms with Gasteiger partial charge in [-0.25, -0.2) is 4.79 Å². The zero-order valence-electron chi connectivity index (χ0n) is 5.52. The fourth-order valence-electron chi connectivity index (χ4n) is 0.489. The van der Waals surface area contributed by atoms with Gasteiger partial charge in [-0.2, -0.15) is 13.5 Å². The van der Waals surface area contributed by atoms with Crippen LogP contribution in [-0.2, 0) is 0 Å². The first kappa shape index (κ1) is 12.9. The van der Waals surface area contributed by atoms with Gasteiger partial charge in [0.05, 0.1) is 5.56 Å². The molecular weight excluding hydrogens is 186 g/mol. The lowest BCUT2D eigenvalue weighted by Gasteiger charge is -1.87. The Balaban J connectivity index is 0. The molecule has 0 amide bonds. The second-order valence-electron chi connectivity index (χ2n) is 1.55. The Morgan fingerprint density at radius 3 is 2.45 bits per heavy atom. The maximum atomic E-state index is 10.2. The number of halogens is 1. The fraction of sp³-hybridized carbons (Fsp3) is 0. The second kappa shape index (κ2) is 6.00. The molecule has 0 aromatic carbocycles. The molecule has 62 valence electrons. The van der Waals surface area contributed by atoms with Crippen LogP contribution in [0.3, 0.4) is 0 Å². The SMILES string of the molecule is Cl.O=C(O)c1cccnc1.S. The molecule has 3 nitrogen and oxygen atoms in total. The molecule has 11 heavy (non-hydrogen) atoms. The van der Waals surface area contributed by atoms with Crippen molar-refractivity contribution >= 4 is 31.9 Å². The first-order chi connectivity index (χ1) is 4.30. The summed E-state index contributed by atoms with van der Waals surface area (Å²) in [5, 5.41) is 8.34. The molecule has 0 aliphatic rings. The minimum absolute atomic E-state index is 0. The third kappa shape index (κ3) is 3.85. The summed E-state index contributed by atoms with van der Waals surface area (Å²) < 4.78 is 0. The molecule has 5 heteroatoms. The minimum Gasteiger partial charge on any atom is -0.478 e. The maximum absolute atomic E-state index is 10.2. The van der Waals surface area contributed by atoms with Crippen LogP contribution in [0.15, 0.2) is 24.5 Å². The topological polar surface area (TPSA) is 50.2 Å². The Hall–Kier alpha value is -0.740. The van der Waals surface area contributed by atoms with E-state index in [1.165, 1.54) is 18.5 Å². The highest BCUT2D eigenvalue weighted by Gasteiger charge is 1.97. The molecule has 0 saturated carbocycles. The van der Waals surface area contributed by atoms with E-state index >= 15 is 0 Å². The van der Waals surface area contributed by atoms with E-state index in [2.05, 4.69) is 4.98 Å². The number of aromatic nitrogens is 1. The molecule has 1 aromatic rings. The lowest BCUT2D eigenvalue weighted by atomic mass is 10.3. The summed E-state index contributed by atoms with van der Waals surface area (Å²) in [4.78, 5) is 13.8. The molecule has 0 unspecified atom stereocenters. The van der Waals surface area contributed by atoms with Gasteiger partial charge in [0.15, 0.2) is 0 Å². The monoisotopic (exact) mass is 193 g/mol. The van der Waals surface area contributed by atoms with Crippen LogP contribution in [0.25, 0.3) is 0 Å². The van der Waals surface area contributed by atoms with Crippen molar-refractivity contribution < 1.29 is 9.90 Å². The van der Waals surface area contributed by atoms with Crippen molar-refractivity contribution in [2.24, 2.45) is 0 Å². The summed E-state index contributed by atoms with van der Waals surface area (Å²) >= 11 is 0. The Kier molecular flexibility index (Phi) is 7.04. The van der Waals surface area contributed by atoms with Gasteiger partial charge in [0.2, 0.25) is 0 Å². The highest BCUT2D eigenvalue weighted by molar-refractivity contribution is 7.59. The molecule has 0 saturated heterocycles. The Labute approximate surface area is 77.3 Å². The number of carbonyl (C=O) groups is 1. The van der Waals surface area contributed by atoms with E-state index in [-0.39, 0.29) is 31.5 Å². The van der Waals surface area contributed by atoms with Crippen LogP contribution in [0, 0.1) is 0 Å². The van der Waals surface area contributed by atoms with Crippen molar-refractivity contribution in [1.29, 1.82) is 0 Å². The Morgan fingerprint density at radius 1 is 1.55 bits per heavy atom. The molecule has 0 aliphatic heterocycles. The molecule has 0 spiro atoms. The predicted molar refractivity (Wildman–Crippen MR) is 48.8 cm³/mol. The number of nitrogens with zero attached hydrogens (tertiary/aromatic N) is 1. The van der Waals surface area contributed by atoms with Crippen molar-refractivity contribution in [3.05, 3.63) is 30.1 Å². The van der Waals surface area contributed by atoms with E-state index in [9.17, 15) is 4.79 Å². The van der Waals surface area contributed by atoms with E-state index in [1.54, 1.807) is 6.07 Å². The van der Waals surface area contributed by atoms with Gasteiger partial charge in [-0.15, -0.1) is 12.4 Å². The van der Waals surface area contributed by atoms with Gasteiger partial charge in [-0.1, -0.05) is 0 Å². The molecule has 0 atom stereocenters. The van der Waals surface area contributed by atoms with Crippen LogP contribution in [0.1, 0.15) is 10.4 Å². The highest BCUT2D eigenvalue weighted by atomic mass is 35.5. The van der Waals surface area contributed by atoms with E-state index in [4.69, 9.17) is 5.11 Å². The average molecular weight is 194 g/mol. The van der Waals surface area contributed by atoms with Crippen LogP contribution < -0.4 is 0 Å². The number of pyridine rings is 1. The Bertz CT molecular complexity index is 217. The van der Waals surface area contributed by atoms with Crippen LogP contribution in [0.5, 0.6) is 0 Å². The van der Waals surface area contributed by atoms with Gasteiger partial charge in [0.25, 0.3) is 0 Å². The molecule has 1 aromatic heterocycles. The average Bonchev–Trinajstić information content (AvgIpc) is 1.90. The van der Waals surface area contributed by atoms with E-state index in [0.29, 0.717) is 0 Å². The number of aromatic carboxylic acids is 1. The van der Waals surface area contributed by atoms with Gasteiger partial charge in [-0.05, 0) is 12.1 Å². The number of hydrogen-bond donors (Lipinski definition) is 1. The van der Waals surface area contributed by atoms with Crippen molar-refractivity contribution in [3.63, 3.8) is 0 Å². The highest BCUT2D eigenvalue weighted by Crippen LogP contribution is 1.92. The van der Waals surface area contributed by atoms with Crippen molar-refractivity contribution in [1.82, 2.24) is 4.98 Å². The first-order valence-electron chi connectivity index (χ1n) is 2.44. The molecule has 0 radical (unpaired) electrons. The predicted octanol–water partition coefficient (Wildman–Crippen LogP) is 1.31. The second-order valence-corrected chi connectivity index (χ2v) is 1.55. The quantitative estimate of drug-likeness (QED) is 0.732. The van der Waals surface area contributed by atoms with Gasteiger partial charge in [-0.3, -0.25) is 4.98 Å². The van der Waals surface area contributed by atoms with Crippen LogP contribution in [0.2, 0.25) is 0 Å². The number of carboxylic acids is 1. The zero-order chi connectivity index (χ0) is 6.69. The summed E-state index contributed by atoms with van der Waals surface area (Å²) in [6.07, 6.45) is 2.84. The molecule has 0 aliphatic carbocycles. The summed E-state index contributed by atoms with van der Waals surface area (Å²) in [6, 6.07) is 3.08. The van der Waals surface area contributed by atoms with Gasteiger partial charge in [0.1, 0.15) is 0 Å². The molecule has 1 heterocycles. The van der Waals surface area contributed by atoms with Crippen LogP contribution >= 0.6 is 25.9 Å². The lowest BCUT2D eigenvalue weighted by Crippen LogP contribution is -1.94. The normalized spacial score (nSPS) is 7.27. The Morgan fingerprint density at radius 2 is 2.18 bits per heavy atom. The molecule has 1 N–H and O–H groups in total. The van der Waals surface area contributed by atoms with Gasteiger partial charge >= 0.3 is 5.97 Å². The maximum Gasteiger partial charge on any atom is 0.337 e. The summed E-state index contributed by atoms with van der Waals surface area (Å²) in [7, 11) is 0. The summed E-state index contributed by atoms with van der Waals surface area (Å²) in [6.45, 7) is 0. The molecular formula is C6H8ClNO2S. The van der Waals surface area contributed by atoms with Gasteiger partial charge in [0, 0.05) is 12.4 Å². The van der Waals surface area contributed by atoms with E-state index in [0.717, 1.165) is 0 Å². The largest absolute Gasteiger partial charge is 0.478 e. The zero-order valence-corrected chi connectivity index (χ0v) is 7.34. The van der Waals surface area contributed by atoms with Crippen molar-refractivity contribution in [2.75, 3.05) is 0 Å². The molecule has 0 fully saturated rings. The van der Waals surface area contributed by atoms with Crippen molar-refractivity contribution in [3.8, 4) is 0 Å². The van der Waals surface area contributed by atoms with E-state index in [1.807, 2.05) is 0 Å². The number of carboxylic acid groups (broad SMARTS) is 1. The molecule has 0 bridgehead atoms. The van der Waals surface area contributed by atoms with Crippen molar-refractivity contribution in [2.45, 2.75) is 0 Å². The summed E-state index contributed by atoms with van der Waals surface area (Å²) in [5.41, 5.74) is 0.220. The standard InChI is InChI=1S/C6H5NO2.ClH.H2S/c8-6(9)5-2-1-3-7-4-5;;/h1-4H,(H,8,9);1H;1H2. The smallest absolute Gasteiger partial charge is 0.337 e. The summed E-state index contributed by atoms with van der Waals surface area (Å²) in [5.74, 6) is -0.942. The minimum atomic E-state index is -0.942. The lowest BCUT2D eigenvalue weighted by molar-refractivity contribution is 0.0696. The third-order valence-electron chi connectivity index (χ3n) is 0.908. The third-order valence-corrected chi connectivity index (χ3v) is 0.908. The van der Waals surface area contributed by atoms with Crippen LogP contribution in [0.4, 0.5) is 0 Å². The first-order valence-corrected chi connectivity index (χ1v) is 2.44.